The van der Waals surface area contributed by atoms with Crippen LogP contribution >= 0.6 is 0 Å². The number of ether oxygens (including phenoxy) is 3. The SMILES string of the molecule is COc1cccc(CN(Cc2ccco2)C[C@H](O)COCc2ccco2)c1OC. The molecular formula is C22H27NO6. The third kappa shape index (κ3) is 6.12. The summed E-state index contributed by atoms with van der Waals surface area (Å²) in [6, 6.07) is 13.2. The standard InChI is InChI=1S/C22H27NO6/c1-25-21-9-3-6-17(22(21)26-2)12-23(14-19-7-4-10-28-19)13-18(24)15-27-16-20-8-5-11-29-20/h3-11,18,24H,12-16H2,1-2H3/t18-/m0/s1. The van der Waals surface area contributed by atoms with Gasteiger partial charge in [-0.05, 0) is 30.3 Å². The van der Waals surface area contributed by atoms with Crippen LogP contribution in [0, 0.1) is 0 Å². The van der Waals surface area contributed by atoms with Gasteiger partial charge in [-0.1, -0.05) is 12.1 Å². The van der Waals surface area contributed by atoms with E-state index in [2.05, 4.69) is 4.90 Å². The Morgan fingerprint density at radius 1 is 0.931 bits per heavy atom. The number of benzene rings is 1. The summed E-state index contributed by atoms with van der Waals surface area (Å²) in [7, 11) is 3.23. The van der Waals surface area contributed by atoms with Gasteiger partial charge < -0.3 is 28.2 Å². The highest BCUT2D eigenvalue weighted by Gasteiger charge is 2.18. The fourth-order valence-corrected chi connectivity index (χ4v) is 3.17. The van der Waals surface area contributed by atoms with Gasteiger partial charge in [-0.15, -0.1) is 0 Å². The molecule has 2 heterocycles. The summed E-state index contributed by atoms with van der Waals surface area (Å²) in [5.74, 6) is 2.90. The topological polar surface area (TPSA) is 77.4 Å². The van der Waals surface area contributed by atoms with Crippen molar-refractivity contribution in [3.8, 4) is 11.5 Å². The molecule has 0 fully saturated rings. The maximum atomic E-state index is 10.5. The largest absolute Gasteiger partial charge is 0.493 e. The predicted molar refractivity (Wildman–Crippen MR) is 107 cm³/mol. The third-order valence-corrected chi connectivity index (χ3v) is 4.44. The van der Waals surface area contributed by atoms with Gasteiger partial charge in [-0.3, -0.25) is 4.90 Å². The van der Waals surface area contributed by atoms with Crippen LogP contribution in [0.1, 0.15) is 17.1 Å². The van der Waals surface area contributed by atoms with Gasteiger partial charge in [0.2, 0.25) is 0 Å². The van der Waals surface area contributed by atoms with Crippen LogP contribution < -0.4 is 9.47 Å². The molecule has 0 radical (unpaired) electrons. The Morgan fingerprint density at radius 2 is 1.69 bits per heavy atom. The average molecular weight is 401 g/mol. The lowest BCUT2D eigenvalue weighted by atomic mass is 10.1. The molecule has 0 saturated heterocycles. The fourth-order valence-electron chi connectivity index (χ4n) is 3.17. The molecule has 7 nitrogen and oxygen atoms in total. The summed E-state index contributed by atoms with van der Waals surface area (Å²) < 4.78 is 27.2. The van der Waals surface area contributed by atoms with Crippen molar-refractivity contribution in [2.24, 2.45) is 0 Å². The van der Waals surface area contributed by atoms with E-state index in [0.29, 0.717) is 37.7 Å². The van der Waals surface area contributed by atoms with Crippen molar-refractivity contribution < 1.29 is 28.2 Å². The lowest BCUT2D eigenvalue weighted by molar-refractivity contribution is 0.00152. The van der Waals surface area contributed by atoms with E-state index in [-0.39, 0.29) is 6.61 Å². The van der Waals surface area contributed by atoms with Crippen LogP contribution in [-0.4, -0.2) is 43.5 Å². The van der Waals surface area contributed by atoms with Crippen molar-refractivity contribution in [2.45, 2.75) is 25.8 Å². The molecule has 156 valence electrons. The quantitative estimate of drug-likeness (QED) is 0.498. The van der Waals surface area contributed by atoms with Gasteiger partial charge in [0, 0.05) is 18.7 Å². The molecule has 0 aliphatic rings. The zero-order chi connectivity index (χ0) is 20.5. The van der Waals surface area contributed by atoms with Gasteiger partial charge in [0.25, 0.3) is 0 Å². The predicted octanol–water partition coefficient (Wildman–Crippen LogP) is 3.47. The molecule has 0 aliphatic heterocycles. The van der Waals surface area contributed by atoms with Crippen molar-refractivity contribution in [1.82, 2.24) is 4.90 Å². The van der Waals surface area contributed by atoms with Crippen LogP contribution in [-0.2, 0) is 24.4 Å². The summed E-state index contributed by atoms with van der Waals surface area (Å²) in [4.78, 5) is 2.08. The summed E-state index contributed by atoms with van der Waals surface area (Å²) >= 11 is 0. The average Bonchev–Trinajstić information content (AvgIpc) is 3.42. The molecule has 0 spiro atoms. The lowest BCUT2D eigenvalue weighted by Crippen LogP contribution is -2.34. The van der Waals surface area contributed by atoms with E-state index in [1.165, 1.54) is 0 Å². The number of rotatable bonds is 12. The number of nitrogens with zero attached hydrogens (tertiary/aromatic N) is 1. The highest BCUT2D eigenvalue weighted by Crippen LogP contribution is 2.31. The van der Waals surface area contributed by atoms with E-state index in [1.807, 2.05) is 42.5 Å². The molecule has 3 rings (SSSR count). The van der Waals surface area contributed by atoms with Crippen molar-refractivity contribution in [3.05, 3.63) is 72.1 Å². The zero-order valence-corrected chi connectivity index (χ0v) is 16.7. The minimum absolute atomic E-state index is 0.199. The number of aliphatic hydroxyl groups excluding tert-OH is 1. The van der Waals surface area contributed by atoms with Crippen molar-refractivity contribution in [1.29, 1.82) is 0 Å². The molecule has 7 heteroatoms. The molecule has 0 amide bonds. The lowest BCUT2D eigenvalue weighted by Gasteiger charge is -2.25. The summed E-state index contributed by atoms with van der Waals surface area (Å²) in [6.07, 6.45) is 2.57. The Bertz CT molecular complexity index is 831. The van der Waals surface area contributed by atoms with Gasteiger partial charge in [-0.2, -0.15) is 0 Å². The van der Waals surface area contributed by atoms with Gasteiger partial charge in [-0.25, -0.2) is 0 Å². The summed E-state index contributed by atoms with van der Waals surface area (Å²) in [5.41, 5.74) is 0.960. The second kappa shape index (κ2) is 10.7. The fraction of sp³-hybridized carbons (Fsp3) is 0.364. The summed E-state index contributed by atoms with van der Waals surface area (Å²) in [5, 5.41) is 10.5. The first kappa shape index (κ1) is 21.0. The van der Waals surface area contributed by atoms with Crippen molar-refractivity contribution in [3.63, 3.8) is 0 Å². The number of hydrogen-bond donors (Lipinski definition) is 1. The number of furan rings is 2. The molecule has 3 aromatic rings. The molecule has 1 N–H and O–H groups in total. The van der Waals surface area contributed by atoms with Crippen LogP contribution in [0.15, 0.2) is 63.8 Å². The molecular weight excluding hydrogens is 374 g/mol. The van der Waals surface area contributed by atoms with Gasteiger partial charge in [0.1, 0.15) is 18.1 Å². The zero-order valence-electron chi connectivity index (χ0n) is 16.7. The Hall–Kier alpha value is -2.74. The van der Waals surface area contributed by atoms with E-state index < -0.39 is 6.10 Å². The highest BCUT2D eigenvalue weighted by atomic mass is 16.5. The highest BCUT2D eigenvalue weighted by molar-refractivity contribution is 5.46. The Kier molecular flexibility index (Phi) is 7.75. The maximum absolute atomic E-state index is 10.5. The van der Waals surface area contributed by atoms with Gasteiger partial charge in [0.15, 0.2) is 11.5 Å². The minimum atomic E-state index is -0.670. The second-order valence-corrected chi connectivity index (χ2v) is 6.65. The van der Waals surface area contributed by atoms with E-state index in [4.69, 9.17) is 23.0 Å². The van der Waals surface area contributed by atoms with Gasteiger partial charge in [0.05, 0.1) is 46.0 Å². The molecule has 0 saturated carbocycles. The summed E-state index contributed by atoms with van der Waals surface area (Å²) in [6.45, 7) is 2.02. The van der Waals surface area contributed by atoms with Crippen LogP contribution in [0.25, 0.3) is 0 Å². The van der Waals surface area contributed by atoms with Gasteiger partial charge >= 0.3 is 0 Å². The molecule has 0 bridgehead atoms. The van der Waals surface area contributed by atoms with E-state index in [1.54, 1.807) is 26.7 Å². The van der Waals surface area contributed by atoms with Crippen LogP contribution in [0.4, 0.5) is 0 Å². The van der Waals surface area contributed by atoms with E-state index >= 15 is 0 Å². The van der Waals surface area contributed by atoms with E-state index in [9.17, 15) is 5.11 Å². The van der Waals surface area contributed by atoms with Crippen LogP contribution in [0.5, 0.6) is 11.5 Å². The normalized spacial score (nSPS) is 12.3. The molecule has 2 aromatic heterocycles. The van der Waals surface area contributed by atoms with Crippen LogP contribution in [0.2, 0.25) is 0 Å². The number of para-hydroxylation sites is 1. The first-order chi connectivity index (χ1) is 14.2. The van der Waals surface area contributed by atoms with Crippen molar-refractivity contribution >= 4 is 0 Å². The molecule has 1 aromatic carbocycles. The van der Waals surface area contributed by atoms with E-state index in [0.717, 1.165) is 17.1 Å². The maximum Gasteiger partial charge on any atom is 0.165 e. The monoisotopic (exact) mass is 401 g/mol. The number of hydrogen-bond acceptors (Lipinski definition) is 7. The molecule has 29 heavy (non-hydrogen) atoms. The number of methoxy groups -OCH3 is 2. The molecule has 0 unspecified atom stereocenters. The first-order valence-corrected chi connectivity index (χ1v) is 9.42. The molecule has 0 aliphatic carbocycles. The second-order valence-electron chi connectivity index (χ2n) is 6.65. The minimum Gasteiger partial charge on any atom is -0.493 e. The first-order valence-electron chi connectivity index (χ1n) is 9.42. The van der Waals surface area contributed by atoms with Crippen LogP contribution in [0.3, 0.4) is 0 Å². The Morgan fingerprint density at radius 3 is 2.34 bits per heavy atom. The van der Waals surface area contributed by atoms with Crippen molar-refractivity contribution in [2.75, 3.05) is 27.4 Å². The Balaban J connectivity index is 1.64. The smallest absolute Gasteiger partial charge is 0.165 e. The Labute approximate surface area is 170 Å². The molecule has 1 atom stereocenters. The third-order valence-electron chi connectivity index (χ3n) is 4.44. The number of aliphatic hydroxyl groups is 1.